The molecule has 0 aliphatic rings. The number of alkyl halides is 3. The molecule has 17 heavy (non-hydrogen) atoms. The molecule has 6 heteroatoms. The van der Waals surface area contributed by atoms with Gasteiger partial charge in [0, 0.05) is 5.56 Å². The summed E-state index contributed by atoms with van der Waals surface area (Å²) in [5.74, 6) is -0.907. The molecule has 1 rings (SSSR count). The Kier molecular flexibility index (Phi) is 3.55. The van der Waals surface area contributed by atoms with Crippen molar-refractivity contribution in [1.82, 2.24) is 0 Å². The van der Waals surface area contributed by atoms with E-state index in [4.69, 9.17) is 10.5 Å². The second kappa shape index (κ2) is 4.57. The summed E-state index contributed by atoms with van der Waals surface area (Å²) in [4.78, 5) is 0. The van der Waals surface area contributed by atoms with E-state index in [-0.39, 0.29) is 23.6 Å². The number of hydrogen-bond acceptors (Lipinski definition) is 3. The van der Waals surface area contributed by atoms with Crippen molar-refractivity contribution in [2.24, 2.45) is 0 Å². The van der Waals surface area contributed by atoms with Gasteiger partial charge in [0.15, 0.2) is 5.75 Å². The number of nitrogen functional groups attached to an aromatic ring is 1. The summed E-state index contributed by atoms with van der Waals surface area (Å²) < 4.78 is 42.7. The highest BCUT2D eigenvalue weighted by Crippen LogP contribution is 2.40. The molecule has 0 bridgehead atoms. The van der Waals surface area contributed by atoms with Crippen LogP contribution in [0, 0.1) is 0 Å². The Bertz CT molecular complexity index is 441. The summed E-state index contributed by atoms with van der Waals surface area (Å²) in [6.45, 7) is 5.44. The molecule has 0 aliphatic carbocycles. The Hall–Kier alpha value is -1.85. The summed E-state index contributed by atoms with van der Waals surface area (Å²) in [5, 5.41) is 9.25. The quantitative estimate of drug-likeness (QED) is 0.490. The van der Waals surface area contributed by atoms with Crippen molar-refractivity contribution in [3.8, 4) is 5.75 Å². The van der Waals surface area contributed by atoms with Gasteiger partial charge in [0.25, 0.3) is 0 Å². The number of rotatable bonds is 3. The Labute approximate surface area is 96.3 Å². The first kappa shape index (κ1) is 13.2. The molecule has 0 unspecified atom stereocenters. The molecule has 0 saturated heterocycles. The summed E-state index contributed by atoms with van der Waals surface area (Å²) in [5.41, 5.74) is 3.83. The van der Waals surface area contributed by atoms with Gasteiger partial charge in [-0.2, -0.15) is 13.2 Å². The monoisotopic (exact) mass is 247 g/mol. The first-order valence-electron chi connectivity index (χ1n) is 4.79. The number of aromatic hydroxyl groups is 1. The highest BCUT2D eigenvalue weighted by atomic mass is 19.4. The van der Waals surface area contributed by atoms with Gasteiger partial charge in [0.1, 0.15) is 11.3 Å². The number of nitrogens with two attached hydrogens (primary N) is 1. The van der Waals surface area contributed by atoms with E-state index < -0.39 is 17.5 Å². The van der Waals surface area contributed by atoms with Gasteiger partial charge in [-0.15, -0.1) is 0 Å². The zero-order valence-corrected chi connectivity index (χ0v) is 9.14. The zero-order chi connectivity index (χ0) is 13.2. The molecule has 3 nitrogen and oxygen atoms in total. The molecule has 0 aromatic heterocycles. The number of anilines is 1. The van der Waals surface area contributed by atoms with E-state index in [1.807, 2.05) is 0 Å². The molecule has 0 radical (unpaired) electrons. The lowest BCUT2D eigenvalue weighted by Crippen LogP contribution is -2.08. The summed E-state index contributed by atoms with van der Waals surface area (Å²) in [7, 11) is 0. The van der Waals surface area contributed by atoms with Crippen LogP contribution in [-0.4, -0.2) is 11.7 Å². The minimum Gasteiger partial charge on any atom is -0.505 e. The van der Waals surface area contributed by atoms with Crippen LogP contribution in [0.4, 0.5) is 18.9 Å². The van der Waals surface area contributed by atoms with Crippen LogP contribution < -0.4 is 5.73 Å². The zero-order valence-electron chi connectivity index (χ0n) is 9.14. The molecule has 94 valence electrons. The van der Waals surface area contributed by atoms with Gasteiger partial charge in [-0.3, -0.25) is 0 Å². The lowest BCUT2D eigenvalue weighted by Gasteiger charge is -2.14. The fourth-order valence-electron chi connectivity index (χ4n) is 1.29. The number of halogens is 3. The average Bonchev–Trinajstić information content (AvgIpc) is 2.20. The van der Waals surface area contributed by atoms with Gasteiger partial charge in [-0.25, -0.2) is 0 Å². The van der Waals surface area contributed by atoms with E-state index in [1.165, 1.54) is 6.07 Å². The molecular formula is C11H12F3NO2. The van der Waals surface area contributed by atoms with Crippen LogP contribution in [0.15, 0.2) is 18.7 Å². The normalized spacial score (nSPS) is 11.3. The van der Waals surface area contributed by atoms with Crippen molar-refractivity contribution in [1.29, 1.82) is 0 Å². The number of hydrogen-bond donors (Lipinski definition) is 2. The molecule has 0 aliphatic heterocycles. The van der Waals surface area contributed by atoms with Crippen LogP contribution in [-0.2, 0) is 10.9 Å². The standard InChI is InChI=1S/C11H12F3NO2/c1-3-17-6(2)7-4-8(11(12,13)14)10(16)9(15)5-7/h4-5,16H,2-3,15H2,1H3. The second-order valence-corrected chi connectivity index (χ2v) is 3.32. The molecule has 3 N–H and O–H groups in total. The van der Waals surface area contributed by atoms with Crippen LogP contribution in [0.3, 0.4) is 0 Å². The van der Waals surface area contributed by atoms with Crippen molar-refractivity contribution < 1.29 is 23.0 Å². The highest BCUT2D eigenvalue weighted by molar-refractivity contribution is 5.68. The molecule has 0 atom stereocenters. The van der Waals surface area contributed by atoms with Crippen molar-refractivity contribution in [3.05, 3.63) is 29.8 Å². The first-order valence-corrected chi connectivity index (χ1v) is 4.79. The van der Waals surface area contributed by atoms with Gasteiger partial charge < -0.3 is 15.6 Å². The number of phenols is 1. The van der Waals surface area contributed by atoms with Crippen LogP contribution >= 0.6 is 0 Å². The van der Waals surface area contributed by atoms with Gasteiger partial charge >= 0.3 is 6.18 Å². The van der Waals surface area contributed by atoms with Crippen molar-refractivity contribution in [2.75, 3.05) is 12.3 Å². The maximum atomic E-state index is 12.6. The van der Waals surface area contributed by atoms with Crippen LogP contribution in [0.25, 0.3) is 5.76 Å². The van der Waals surface area contributed by atoms with Crippen molar-refractivity contribution in [3.63, 3.8) is 0 Å². The van der Waals surface area contributed by atoms with Gasteiger partial charge in [0.05, 0.1) is 12.3 Å². The minimum absolute atomic E-state index is 0.0738. The Morgan fingerprint density at radius 2 is 2.06 bits per heavy atom. The SMILES string of the molecule is C=C(OCC)c1cc(N)c(O)c(C(F)(F)F)c1. The maximum absolute atomic E-state index is 12.6. The summed E-state index contributed by atoms with van der Waals surface area (Å²) in [6.07, 6.45) is -4.68. The third-order valence-corrected chi connectivity index (χ3v) is 2.09. The lowest BCUT2D eigenvalue weighted by atomic mass is 10.1. The maximum Gasteiger partial charge on any atom is 0.420 e. The Balaban J connectivity index is 3.29. The van der Waals surface area contributed by atoms with Crippen molar-refractivity contribution >= 4 is 11.4 Å². The van der Waals surface area contributed by atoms with Crippen molar-refractivity contribution in [2.45, 2.75) is 13.1 Å². The van der Waals surface area contributed by atoms with E-state index in [0.717, 1.165) is 6.07 Å². The number of ether oxygens (including phenoxy) is 1. The molecule has 0 amide bonds. The topological polar surface area (TPSA) is 55.5 Å². The van der Waals surface area contributed by atoms with Crippen LogP contribution in [0.5, 0.6) is 5.75 Å². The minimum atomic E-state index is -4.68. The molecule has 1 aromatic carbocycles. The lowest BCUT2D eigenvalue weighted by molar-refractivity contribution is -0.138. The Morgan fingerprint density at radius 3 is 2.53 bits per heavy atom. The second-order valence-electron chi connectivity index (χ2n) is 3.32. The van der Waals surface area contributed by atoms with Gasteiger partial charge in [0.2, 0.25) is 0 Å². The van der Waals surface area contributed by atoms with E-state index in [0.29, 0.717) is 0 Å². The summed E-state index contributed by atoms with van der Waals surface area (Å²) in [6, 6.07) is 1.94. The van der Waals surface area contributed by atoms with E-state index in [9.17, 15) is 18.3 Å². The molecule has 1 aromatic rings. The first-order chi connectivity index (χ1) is 7.77. The molecule has 0 spiro atoms. The largest absolute Gasteiger partial charge is 0.505 e. The fourth-order valence-corrected chi connectivity index (χ4v) is 1.29. The fraction of sp³-hybridized carbons (Fsp3) is 0.273. The van der Waals surface area contributed by atoms with Gasteiger partial charge in [-0.05, 0) is 19.1 Å². The predicted octanol–water partition coefficient (Wildman–Crippen LogP) is 3.00. The third-order valence-electron chi connectivity index (χ3n) is 2.09. The molecule has 0 fully saturated rings. The third kappa shape index (κ3) is 2.83. The Morgan fingerprint density at radius 1 is 1.47 bits per heavy atom. The number of phenolic OH excluding ortho intramolecular Hbond substituents is 1. The van der Waals surface area contributed by atoms with Gasteiger partial charge in [-0.1, -0.05) is 6.58 Å². The van der Waals surface area contributed by atoms with E-state index in [1.54, 1.807) is 6.92 Å². The van der Waals surface area contributed by atoms with Crippen LogP contribution in [0.2, 0.25) is 0 Å². The summed E-state index contributed by atoms with van der Waals surface area (Å²) >= 11 is 0. The predicted molar refractivity (Wildman–Crippen MR) is 58.2 cm³/mol. The molecule has 0 saturated carbocycles. The van der Waals surface area contributed by atoms with Crippen LogP contribution in [0.1, 0.15) is 18.1 Å². The highest BCUT2D eigenvalue weighted by Gasteiger charge is 2.35. The smallest absolute Gasteiger partial charge is 0.420 e. The average molecular weight is 247 g/mol. The van der Waals surface area contributed by atoms with E-state index >= 15 is 0 Å². The molecule has 0 heterocycles. The molecular weight excluding hydrogens is 235 g/mol. The van der Waals surface area contributed by atoms with E-state index in [2.05, 4.69) is 6.58 Å². The number of benzene rings is 1.